The zero-order chi connectivity index (χ0) is 11.4. The first kappa shape index (κ1) is 11.6. The Kier molecular flexibility index (Phi) is 3.57. The average Bonchev–Trinajstić information content (AvgIpc) is 2.73. The number of nitriles is 1. The highest BCUT2D eigenvalue weighted by molar-refractivity contribution is 7.07. The number of aromatic nitrogens is 1. The molecule has 3 nitrogen and oxygen atoms in total. The van der Waals surface area contributed by atoms with Gasteiger partial charge in [-0.15, -0.1) is 11.3 Å². The Bertz CT molecular complexity index is 361. The smallest absolute Gasteiger partial charge is 0.115 e. The van der Waals surface area contributed by atoms with E-state index in [4.69, 9.17) is 0 Å². The molecule has 1 heterocycles. The molecule has 16 heavy (non-hydrogen) atoms. The number of thiazole rings is 1. The van der Waals surface area contributed by atoms with Gasteiger partial charge < -0.3 is 5.11 Å². The van der Waals surface area contributed by atoms with Crippen LogP contribution in [0.4, 0.5) is 0 Å². The van der Waals surface area contributed by atoms with Gasteiger partial charge >= 0.3 is 0 Å². The van der Waals surface area contributed by atoms with Gasteiger partial charge in [-0.1, -0.05) is 25.7 Å². The third kappa shape index (κ3) is 2.11. The average molecular weight is 236 g/mol. The first-order valence-electron chi connectivity index (χ1n) is 5.76. The van der Waals surface area contributed by atoms with Gasteiger partial charge in [0.15, 0.2) is 0 Å². The SMILES string of the molecule is N#CC1(C(O)c2cscn2)CCCCCC1. The summed E-state index contributed by atoms with van der Waals surface area (Å²) in [7, 11) is 0. The molecule has 0 saturated heterocycles. The highest BCUT2D eigenvalue weighted by Crippen LogP contribution is 2.44. The van der Waals surface area contributed by atoms with E-state index in [-0.39, 0.29) is 0 Å². The minimum Gasteiger partial charge on any atom is -0.385 e. The van der Waals surface area contributed by atoms with Crippen LogP contribution in [-0.4, -0.2) is 10.1 Å². The molecule has 0 aromatic carbocycles. The summed E-state index contributed by atoms with van der Waals surface area (Å²) < 4.78 is 0. The Morgan fingerprint density at radius 2 is 2.06 bits per heavy atom. The van der Waals surface area contributed by atoms with Crippen molar-refractivity contribution in [2.45, 2.75) is 44.6 Å². The molecule has 0 amide bonds. The topological polar surface area (TPSA) is 56.9 Å². The van der Waals surface area contributed by atoms with Crippen molar-refractivity contribution in [1.29, 1.82) is 5.26 Å². The number of aliphatic hydroxyl groups excluding tert-OH is 1. The Morgan fingerprint density at radius 1 is 1.38 bits per heavy atom. The molecule has 4 heteroatoms. The van der Waals surface area contributed by atoms with Gasteiger partial charge in [-0.3, -0.25) is 0 Å². The second-order valence-corrected chi connectivity index (χ2v) is 5.22. The Labute approximate surface area is 99.8 Å². The van der Waals surface area contributed by atoms with Crippen LogP contribution in [0.25, 0.3) is 0 Å². The van der Waals surface area contributed by atoms with Crippen LogP contribution < -0.4 is 0 Å². The van der Waals surface area contributed by atoms with Gasteiger partial charge in [0.05, 0.1) is 22.7 Å². The summed E-state index contributed by atoms with van der Waals surface area (Å²) in [5.74, 6) is 0. The predicted octanol–water partition coefficient (Wildman–Crippen LogP) is 3.04. The summed E-state index contributed by atoms with van der Waals surface area (Å²) in [6.07, 6.45) is 5.29. The lowest BCUT2D eigenvalue weighted by molar-refractivity contribution is 0.0486. The maximum atomic E-state index is 10.3. The van der Waals surface area contributed by atoms with Crippen molar-refractivity contribution in [3.63, 3.8) is 0 Å². The zero-order valence-corrected chi connectivity index (χ0v) is 10.0. The van der Waals surface area contributed by atoms with Crippen molar-refractivity contribution in [3.8, 4) is 6.07 Å². The molecule has 0 aliphatic heterocycles. The molecule has 1 unspecified atom stereocenters. The van der Waals surface area contributed by atoms with E-state index in [0.29, 0.717) is 5.69 Å². The van der Waals surface area contributed by atoms with Gasteiger partial charge in [-0.2, -0.15) is 5.26 Å². The first-order chi connectivity index (χ1) is 7.78. The van der Waals surface area contributed by atoms with Gasteiger partial charge in [-0.25, -0.2) is 4.98 Å². The summed E-state index contributed by atoms with van der Waals surface area (Å²) in [4.78, 5) is 4.13. The lowest BCUT2D eigenvalue weighted by Crippen LogP contribution is -2.27. The molecule has 0 radical (unpaired) electrons. The predicted molar refractivity (Wildman–Crippen MR) is 62.8 cm³/mol. The molecule has 1 aromatic heterocycles. The van der Waals surface area contributed by atoms with Gasteiger partial charge in [0, 0.05) is 5.38 Å². The van der Waals surface area contributed by atoms with E-state index in [9.17, 15) is 10.4 Å². The molecule has 1 N–H and O–H groups in total. The molecule has 0 bridgehead atoms. The van der Waals surface area contributed by atoms with Crippen LogP contribution in [0.15, 0.2) is 10.9 Å². The summed E-state index contributed by atoms with van der Waals surface area (Å²) in [6, 6.07) is 2.36. The number of nitrogens with zero attached hydrogens (tertiary/aromatic N) is 2. The van der Waals surface area contributed by atoms with Crippen molar-refractivity contribution < 1.29 is 5.11 Å². The fraction of sp³-hybridized carbons (Fsp3) is 0.667. The number of rotatable bonds is 2. The normalized spacial score (nSPS) is 22.0. The van der Waals surface area contributed by atoms with Crippen LogP contribution in [0.2, 0.25) is 0 Å². The van der Waals surface area contributed by atoms with E-state index in [0.717, 1.165) is 25.7 Å². The van der Waals surface area contributed by atoms with Crippen molar-refractivity contribution >= 4 is 11.3 Å². The van der Waals surface area contributed by atoms with Crippen molar-refractivity contribution in [1.82, 2.24) is 4.98 Å². The molecule has 0 spiro atoms. The minimum atomic E-state index is -0.721. The van der Waals surface area contributed by atoms with Gasteiger partial charge in [0.25, 0.3) is 0 Å². The van der Waals surface area contributed by atoms with Crippen molar-refractivity contribution in [2.75, 3.05) is 0 Å². The summed E-state index contributed by atoms with van der Waals surface area (Å²) in [5.41, 5.74) is 1.76. The number of hydrogen-bond donors (Lipinski definition) is 1. The maximum Gasteiger partial charge on any atom is 0.115 e. The van der Waals surface area contributed by atoms with Crippen LogP contribution >= 0.6 is 11.3 Å². The summed E-state index contributed by atoms with van der Waals surface area (Å²) >= 11 is 1.47. The summed E-state index contributed by atoms with van der Waals surface area (Å²) in [6.45, 7) is 0. The van der Waals surface area contributed by atoms with Crippen LogP contribution in [0.1, 0.15) is 50.3 Å². The zero-order valence-electron chi connectivity index (χ0n) is 9.22. The van der Waals surface area contributed by atoms with Gasteiger partial charge in [0.1, 0.15) is 6.10 Å². The first-order valence-corrected chi connectivity index (χ1v) is 6.70. The van der Waals surface area contributed by atoms with E-state index in [1.807, 2.05) is 5.38 Å². The van der Waals surface area contributed by atoms with E-state index in [2.05, 4.69) is 11.1 Å². The quantitative estimate of drug-likeness (QED) is 0.803. The minimum absolute atomic E-state index is 0.607. The fourth-order valence-corrected chi connectivity index (χ4v) is 3.02. The van der Waals surface area contributed by atoms with Crippen LogP contribution in [0, 0.1) is 16.7 Å². The highest BCUT2D eigenvalue weighted by Gasteiger charge is 2.40. The second kappa shape index (κ2) is 4.94. The molecular formula is C12H16N2OS. The van der Waals surface area contributed by atoms with Crippen LogP contribution in [0.3, 0.4) is 0 Å². The largest absolute Gasteiger partial charge is 0.385 e. The molecule has 1 aromatic rings. The van der Waals surface area contributed by atoms with Crippen LogP contribution in [-0.2, 0) is 0 Å². The van der Waals surface area contributed by atoms with E-state index in [1.165, 1.54) is 24.2 Å². The van der Waals surface area contributed by atoms with Crippen molar-refractivity contribution in [3.05, 3.63) is 16.6 Å². The lowest BCUT2D eigenvalue weighted by atomic mass is 9.76. The standard InChI is InChI=1S/C12H16N2OS/c13-8-12(5-3-1-2-4-6-12)11(15)10-7-16-9-14-10/h7,9,11,15H,1-6H2. The number of aliphatic hydroxyl groups is 1. The molecule has 1 saturated carbocycles. The molecule has 2 rings (SSSR count). The molecular weight excluding hydrogens is 220 g/mol. The monoisotopic (exact) mass is 236 g/mol. The maximum absolute atomic E-state index is 10.3. The van der Waals surface area contributed by atoms with Crippen molar-refractivity contribution in [2.24, 2.45) is 5.41 Å². The Balaban J connectivity index is 2.23. The molecule has 1 aliphatic carbocycles. The summed E-state index contributed by atoms with van der Waals surface area (Å²) in [5, 5.41) is 21.6. The van der Waals surface area contributed by atoms with E-state index in [1.54, 1.807) is 5.51 Å². The molecule has 1 aliphatic rings. The third-order valence-electron chi connectivity index (χ3n) is 3.47. The number of hydrogen-bond acceptors (Lipinski definition) is 4. The van der Waals surface area contributed by atoms with Gasteiger partial charge in [0.2, 0.25) is 0 Å². The molecule has 1 fully saturated rings. The van der Waals surface area contributed by atoms with E-state index >= 15 is 0 Å². The highest BCUT2D eigenvalue weighted by atomic mass is 32.1. The Morgan fingerprint density at radius 3 is 2.56 bits per heavy atom. The van der Waals surface area contributed by atoms with Gasteiger partial charge in [-0.05, 0) is 12.8 Å². The molecule has 1 atom stereocenters. The van der Waals surface area contributed by atoms with E-state index < -0.39 is 11.5 Å². The third-order valence-corrected chi connectivity index (χ3v) is 4.08. The lowest BCUT2D eigenvalue weighted by Gasteiger charge is -2.29. The Hall–Kier alpha value is -0.920. The fourth-order valence-electron chi connectivity index (χ4n) is 2.45. The second-order valence-electron chi connectivity index (χ2n) is 4.50. The molecule has 86 valence electrons. The van der Waals surface area contributed by atoms with Crippen LogP contribution in [0.5, 0.6) is 0 Å².